The molecule has 82 valence electrons. The Morgan fingerprint density at radius 2 is 1.93 bits per heavy atom. The molecule has 3 nitrogen and oxygen atoms in total. The highest BCUT2D eigenvalue weighted by Crippen LogP contribution is 2.14. The highest BCUT2D eigenvalue weighted by Gasteiger charge is 2.34. The lowest BCUT2D eigenvalue weighted by atomic mass is 10.1. The zero-order valence-electron chi connectivity index (χ0n) is 8.26. The molecule has 0 N–H and O–H groups in total. The minimum Gasteiger partial charge on any atom is -0.445 e. The third kappa shape index (κ3) is 3.57. The fourth-order valence-corrected chi connectivity index (χ4v) is 1.37. The summed E-state index contributed by atoms with van der Waals surface area (Å²) in [7, 11) is 0. The van der Waals surface area contributed by atoms with Gasteiger partial charge in [-0.3, -0.25) is 4.90 Å². The maximum Gasteiger partial charge on any atom is 0.377 e. The van der Waals surface area contributed by atoms with Gasteiger partial charge in [0.2, 0.25) is 0 Å². The molecule has 14 heavy (non-hydrogen) atoms. The van der Waals surface area contributed by atoms with Crippen molar-refractivity contribution >= 4 is 5.97 Å². The third-order valence-electron chi connectivity index (χ3n) is 2.19. The summed E-state index contributed by atoms with van der Waals surface area (Å²) >= 11 is 0. The summed E-state index contributed by atoms with van der Waals surface area (Å²) in [6, 6.07) is 0. The van der Waals surface area contributed by atoms with E-state index >= 15 is 0 Å². The Morgan fingerprint density at radius 1 is 1.36 bits per heavy atom. The average Bonchev–Trinajstić information content (AvgIpc) is 2.14. The number of carbonyl (C=O) groups is 1. The molecule has 0 atom stereocenters. The topological polar surface area (TPSA) is 29.5 Å². The minimum atomic E-state index is -3.38. The van der Waals surface area contributed by atoms with E-state index in [2.05, 4.69) is 4.74 Å². The van der Waals surface area contributed by atoms with Gasteiger partial charge in [0, 0.05) is 20.0 Å². The van der Waals surface area contributed by atoms with E-state index in [9.17, 15) is 13.6 Å². The molecule has 0 aromatic heterocycles. The van der Waals surface area contributed by atoms with Gasteiger partial charge in [0.15, 0.2) is 0 Å². The number of ether oxygens (including phenoxy) is 1. The number of nitrogens with zero attached hydrogens (tertiary/aromatic N) is 1. The Hall–Kier alpha value is -0.710. The van der Waals surface area contributed by atoms with Crippen molar-refractivity contribution in [3.63, 3.8) is 0 Å². The lowest BCUT2D eigenvalue weighted by molar-refractivity contribution is -0.174. The van der Waals surface area contributed by atoms with Gasteiger partial charge >= 0.3 is 11.9 Å². The van der Waals surface area contributed by atoms with Crippen LogP contribution in [0.5, 0.6) is 0 Å². The number of carbonyl (C=O) groups excluding carboxylic acids is 1. The van der Waals surface area contributed by atoms with Gasteiger partial charge in [-0.25, -0.2) is 4.79 Å². The van der Waals surface area contributed by atoms with Gasteiger partial charge in [-0.2, -0.15) is 8.78 Å². The van der Waals surface area contributed by atoms with E-state index in [0.29, 0.717) is 6.92 Å². The van der Waals surface area contributed by atoms with Gasteiger partial charge in [-0.1, -0.05) is 6.42 Å². The molecule has 0 aliphatic carbocycles. The van der Waals surface area contributed by atoms with Crippen LogP contribution in [0.15, 0.2) is 0 Å². The molecule has 1 aliphatic rings. The van der Waals surface area contributed by atoms with E-state index in [-0.39, 0.29) is 6.73 Å². The molecule has 0 radical (unpaired) electrons. The van der Waals surface area contributed by atoms with Gasteiger partial charge < -0.3 is 4.74 Å². The van der Waals surface area contributed by atoms with Crippen LogP contribution in [0.2, 0.25) is 0 Å². The molecule has 1 aliphatic heterocycles. The zero-order chi connectivity index (χ0) is 10.6. The molecule has 0 saturated carbocycles. The predicted octanol–water partition coefficient (Wildman–Crippen LogP) is 1.63. The molecular weight excluding hydrogens is 192 g/mol. The molecule has 1 fully saturated rings. The zero-order valence-corrected chi connectivity index (χ0v) is 8.26. The number of alkyl halides is 2. The van der Waals surface area contributed by atoms with Crippen molar-refractivity contribution in [1.82, 2.24) is 4.90 Å². The smallest absolute Gasteiger partial charge is 0.377 e. The molecule has 0 amide bonds. The van der Waals surface area contributed by atoms with Crippen molar-refractivity contribution in [2.24, 2.45) is 0 Å². The molecule has 0 aromatic rings. The van der Waals surface area contributed by atoms with Gasteiger partial charge in [-0.05, 0) is 12.8 Å². The van der Waals surface area contributed by atoms with Crippen LogP contribution in [0.25, 0.3) is 0 Å². The molecule has 1 rings (SSSR count). The van der Waals surface area contributed by atoms with E-state index in [0.717, 1.165) is 32.4 Å². The minimum absolute atomic E-state index is 0.0116. The second-order valence-corrected chi connectivity index (χ2v) is 3.63. The summed E-state index contributed by atoms with van der Waals surface area (Å²) in [5, 5.41) is 0. The number of halogens is 2. The van der Waals surface area contributed by atoms with Crippen molar-refractivity contribution in [1.29, 1.82) is 0 Å². The van der Waals surface area contributed by atoms with E-state index in [1.165, 1.54) is 0 Å². The Bertz CT molecular complexity index is 197. The summed E-state index contributed by atoms with van der Waals surface area (Å²) in [5.74, 6) is -4.82. The highest BCUT2D eigenvalue weighted by atomic mass is 19.3. The molecule has 0 unspecified atom stereocenters. The van der Waals surface area contributed by atoms with Crippen LogP contribution in [0, 0.1) is 0 Å². The van der Waals surface area contributed by atoms with Crippen molar-refractivity contribution in [2.45, 2.75) is 32.1 Å². The Balaban J connectivity index is 2.22. The second kappa shape index (κ2) is 4.68. The predicted molar refractivity (Wildman–Crippen MR) is 47.0 cm³/mol. The summed E-state index contributed by atoms with van der Waals surface area (Å²) in [4.78, 5) is 12.6. The first-order chi connectivity index (χ1) is 6.50. The fourth-order valence-electron chi connectivity index (χ4n) is 1.37. The number of esters is 1. The molecule has 5 heteroatoms. The molecule has 0 bridgehead atoms. The van der Waals surface area contributed by atoms with Crippen molar-refractivity contribution in [3.05, 3.63) is 0 Å². The van der Waals surface area contributed by atoms with Crippen LogP contribution < -0.4 is 0 Å². The van der Waals surface area contributed by atoms with Crippen LogP contribution in [0.3, 0.4) is 0 Å². The highest BCUT2D eigenvalue weighted by molar-refractivity contribution is 5.76. The largest absolute Gasteiger partial charge is 0.445 e. The SMILES string of the molecule is CC(F)(F)C(=O)OCN1CCCCC1. The number of rotatable bonds is 3. The summed E-state index contributed by atoms with van der Waals surface area (Å²) in [5.41, 5.74) is 0. The summed E-state index contributed by atoms with van der Waals surface area (Å²) in [6.45, 7) is 2.18. The standard InChI is InChI=1S/C9H15F2NO2/c1-9(10,11)8(13)14-7-12-5-3-2-4-6-12/h2-7H2,1H3. The van der Waals surface area contributed by atoms with Crippen molar-refractivity contribution in [2.75, 3.05) is 19.8 Å². The van der Waals surface area contributed by atoms with Crippen LogP contribution in [-0.4, -0.2) is 36.6 Å². The second-order valence-electron chi connectivity index (χ2n) is 3.63. The monoisotopic (exact) mass is 207 g/mol. The van der Waals surface area contributed by atoms with E-state index < -0.39 is 11.9 Å². The third-order valence-corrected chi connectivity index (χ3v) is 2.19. The number of piperidine rings is 1. The fraction of sp³-hybridized carbons (Fsp3) is 0.889. The van der Waals surface area contributed by atoms with Crippen LogP contribution in [-0.2, 0) is 9.53 Å². The lowest BCUT2D eigenvalue weighted by Crippen LogP contribution is -2.36. The molecule has 0 aromatic carbocycles. The van der Waals surface area contributed by atoms with E-state index in [1.54, 1.807) is 0 Å². The lowest BCUT2D eigenvalue weighted by Gasteiger charge is -2.26. The quantitative estimate of drug-likeness (QED) is 0.659. The summed E-state index contributed by atoms with van der Waals surface area (Å²) in [6.07, 6.45) is 3.24. The Kier molecular flexibility index (Phi) is 3.80. The molecule has 1 heterocycles. The van der Waals surface area contributed by atoms with Crippen molar-refractivity contribution < 1.29 is 18.3 Å². The Morgan fingerprint density at radius 3 is 2.43 bits per heavy atom. The van der Waals surface area contributed by atoms with E-state index in [4.69, 9.17) is 0 Å². The first-order valence-electron chi connectivity index (χ1n) is 4.77. The maximum absolute atomic E-state index is 12.4. The van der Waals surface area contributed by atoms with Gasteiger partial charge in [0.1, 0.15) is 6.73 Å². The van der Waals surface area contributed by atoms with Crippen molar-refractivity contribution in [3.8, 4) is 0 Å². The first kappa shape index (κ1) is 11.4. The molecule has 0 spiro atoms. The molecular formula is C9H15F2NO2. The first-order valence-corrected chi connectivity index (χ1v) is 4.77. The molecule has 1 saturated heterocycles. The number of hydrogen-bond donors (Lipinski definition) is 0. The van der Waals surface area contributed by atoms with Gasteiger partial charge in [-0.15, -0.1) is 0 Å². The van der Waals surface area contributed by atoms with Gasteiger partial charge in [0.25, 0.3) is 0 Å². The number of likely N-dealkylation sites (tertiary alicyclic amines) is 1. The maximum atomic E-state index is 12.4. The van der Waals surface area contributed by atoms with Crippen LogP contribution in [0.1, 0.15) is 26.2 Å². The Labute approximate surface area is 82.0 Å². The summed E-state index contributed by atoms with van der Waals surface area (Å²) < 4.78 is 29.2. The van der Waals surface area contributed by atoms with E-state index in [1.807, 2.05) is 4.90 Å². The normalized spacial score (nSPS) is 19.4. The average molecular weight is 207 g/mol. The number of hydrogen-bond acceptors (Lipinski definition) is 3. The van der Waals surface area contributed by atoms with Crippen LogP contribution in [0.4, 0.5) is 8.78 Å². The van der Waals surface area contributed by atoms with Gasteiger partial charge in [0.05, 0.1) is 0 Å². The van der Waals surface area contributed by atoms with Crippen LogP contribution >= 0.6 is 0 Å².